The lowest BCUT2D eigenvalue weighted by Gasteiger charge is -2.08. The molecule has 7 nitrogen and oxygen atoms in total. The molecule has 2 N–H and O–H groups in total. The highest BCUT2D eigenvalue weighted by atomic mass is 16.6. The van der Waals surface area contributed by atoms with Crippen molar-refractivity contribution in [3.05, 3.63) is 40.8 Å². The number of rotatable bonds is 2. The van der Waals surface area contributed by atoms with Gasteiger partial charge in [-0.2, -0.15) is 5.26 Å². The molecule has 0 unspecified atom stereocenters. The molecule has 0 aliphatic carbocycles. The molecule has 3 aromatic heterocycles. The standard InChI is InChI=1S/C13H10N6O/c1-7-10(5-9-4-8(6-14)2-3-16-9)11(15)12-13(17-7)19-20-18-12/h2-4H,5,15H2,1H3. The minimum atomic E-state index is 0.391. The van der Waals surface area contributed by atoms with Gasteiger partial charge in [0.25, 0.3) is 0 Å². The number of nitriles is 1. The van der Waals surface area contributed by atoms with Crippen LogP contribution in [0.3, 0.4) is 0 Å². The summed E-state index contributed by atoms with van der Waals surface area (Å²) in [5, 5.41) is 16.3. The molecule has 3 heterocycles. The van der Waals surface area contributed by atoms with Crippen LogP contribution in [-0.4, -0.2) is 20.3 Å². The van der Waals surface area contributed by atoms with Crippen LogP contribution < -0.4 is 5.73 Å². The van der Waals surface area contributed by atoms with E-state index in [0.717, 1.165) is 17.0 Å². The lowest BCUT2D eigenvalue weighted by molar-refractivity contribution is 0.315. The van der Waals surface area contributed by atoms with Crippen LogP contribution in [0.25, 0.3) is 11.2 Å². The van der Waals surface area contributed by atoms with Crippen LogP contribution in [-0.2, 0) is 6.42 Å². The Morgan fingerprint density at radius 2 is 2.25 bits per heavy atom. The first kappa shape index (κ1) is 12.0. The summed E-state index contributed by atoms with van der Waals surface area (Å²) in [4.78, 5) is 8.53. The van der Waals surface area contributed by atoms with Crippen molar-refractivity contribution in [2.75, 3.05) is 5.73 Å². The maximum Gasteiger partial charge on any atom is 0.226 e. The number of nitrogen functional groups attached to an aromatic ring is 1. The third-order valence-corrected chi connectivity index (χ3v) is 3.07. The van der Waals surface area contributed by atoms with Gasteiger partial charge in [-0.1, -0.05) is 0 Å². The van der Waals surface area contributed by atoms with E-state index in [-0.39, 0.29) is 0 Å². The van der Waals surface area contributed by atoms with Gasteiger partial charge in [0.2, 0.25) is 5.65 Å². The maximum atomic E-state index is 8.91. The van der Waals surface area contributed by atoms with E-state index in [1.165, 1.54) is 0 Å². The Kier molecular flexibility index (Phi) is 2.76. The summed E-state index contributed by atoms with van der Waals surface area (Å²) >= 11 is 0. The average Bonchev–Trinajstić information content (AvgIpc) is 2.92. The molecule has 0 fully saturated rings. The molecule has 0 radical (unpaired) electrons. The Hall–Kier alpha value is -3.01. The molecule has 0 bridgehead atoms. The second kappa shape index (κ2) is 4.59. The monoisotopic (exact) mass is 266 g/mol. The number of fused-ring (bicyclic) bond motifs is 1. The highest BCUT2D eigenvalue weighted by Crippen LogP contribution is 2.25. The van der Waals surface area contributed by atoms with Gasteiger partial charge in [0.05, 0.1) is 17.3 Å². The molecule has 0 aliphatic heterocycles. The molecule has 0 atom stereocenters. The van der Waals surface area contributed by atoms with E-state index in [2.05, 4.69) is 31.0 Å². The lowest BCUT2D eigenvalue weighted by atomic mass is 10.0. The Labute approximate surface area is 114 Å². The number of nitrogens with zero attached hydrogens (tertiary/aromatic N) is 5. The summed E-state index contributed by atoms with van der Waals surface area (Å²) in [6, 6.07) is 5.47. The van der Waals surface area contributed by atoms with Crippen LogP contribution in [0.2, 0.25) is 0 Å². The normalized spacial score (nSPS) is 10.6. The van der Waals surface area contributed by atoms with Crippen LogP contribution in [0.5, 0.6) is 0 Å². The molecular weight excluding hydrogens is 256 g/mol. The molecule has 0 saturated heterocycles. The molecular formula is C13H10N6O. The van der Waals surface area contributed by atoms with Crippen LogP contribution in [0.4, 0.5) is 5.69 Å². The molecule has 0 aliphatic rings. The Balaban J connectivity index is 2.08. The van der Waals surface area contributed by atoms with Crippen molar-refractivity contribution >= 4 is 16.9 Å². The number of aryl methyl sites for hydroxylation is 1. The van der Waals surface area contributed by atoms with Crippen molar-refractivity contribution in [2.45, 2.75) is 13.3 Å². The number of hydrogen-bond donors (Lipinski definition) is 1. The van der Waals surface area contributed by atoms with E-state index in [4.69, 9.17) is 11.0 Å². The van der Waals surface area contributed by atoms with Crippen LogP contribution in [0, 0.1) is 18.3 Å². The van der Waals surface area contributed by atoms with Gasteiger partial charge >= 0.3 is 0 Å². The van der Waals surface area contributed by atoms with Crippen molar-refractivity contribution < 1.29 is 4.63 Å². The number of aromatic nitrogens is 4. The Bertz CT molecular complexity index is 832. The second-order valence-corrected chi connectivity index (χ2v) is 4.35. The molecule has 0 saturated carbocycles. The molecule has 98 valence electrons. The zero-order chi connectivity index (χ0) is 14.1. The molecule has 20 heavy (non-hydrogen) atoms. The fraction of sp³-hybridized carbons (Fsp3) is 0.154. The quantitative estimate of drug-likeness (QED) is 0.744. The summed E-state index contributed by atoms with van der Waals surface area (Å²) < 4.78 is 4.64. The summed E-state index contributed by atoms with van der Waals surface area (Å²) in [6.45, 7) is 1.84. The predicted molar refractivity (Wildman–Crippen MR) is 70.5 cm³/mol. The third kappa shape index (κ3) is 1.93. The summed E-state index contributed by atoms with van der Waals surface area (Å²) in [5.41, 5.74) is 10.3. The van der Waals surface area contributed by atoms with E-state index < -0.39 is 0 Å². The van der Waals surface area contributed by atoms with Gasteiger partial charge in [0, 0.05) is 29.6 Å². The third-order valence-electron chi connectivity index (χ3n) is 3.07. The first-order chi connectivity index (χ1) is 9.69. The average molecular weight is 266 g/mol. The topological polar surface area (TPSA) is 115 Å². The van der Waals surface area contributed by atoms with Crippen LogP contribution in [0.15, 0.2) is 23.0 Å². The number of pyridine rings is 2. The first-order valence-corrected chi connectivity index (χ1v) is 5.91. The van der Waals surface area contributed by atoms with Crippen molar-refractivity contribution in [1.82, 2.24) is 20.3 Å². The molecule has 0 spiro atoms. The van der Waals surface area contributed by atoms with Crippen LogP contribution in [0.1, 0.15) is 22.5 Å². The highest BCUT2D eigenvalue weighted by Gasteiger charge is 2.15. The van der Waals surface area contributed by atoms with E-state index in [1.807, 2.05) is 6.92 Å². The predicted octanol–water partition coefficient (Wildman–Crippen LogP) is 1.37. The van der Waals surface area contributed by atoms with Gasteiger partial charge in [0.15, 0.2) is 5.52 Å². The molecule has 3 rings (SSSR count). The van der Waals surface area contributed by atoms with Crippen LogP contribution >= 0.6 is 0 Å². The van der Waals surface area contributed by atoms with E-state index in [0.29, 0.717) is 28.8 Å². The van der Waals surface area contributed by atoms with Gasteiger partial charge < -0.3 is 5.73 Å². The van der Waals surface area contributed by atoms with Crippen molar-refractivity contribution in [1.29, 1.82) is 5.26 Å². The largest absolute Gasteiger partial charge is 0.396 e. The van der Waals surface area contributed by atoms with Crippen molar-refractivity contribution in [3.8, 4) is 6.07 Å². The van der Waals surface area contributed by atoms with E-state index in [9.17, 15) is 0 Å². The van der Waals surface area contributed by atoms with E-state index in [1.54, 1.807) is 18.3 Å². The van der Waals surface area contributed by atoms with Crippen molar-refractivity contribution in [2.24, 2.45) is 0 Å². The molecule has 0 amide bonds. The van der Waals surface area contributed by atoms with Crippen molar-refractivity contribution in [3.63, 3.8) is 0 Å². The SMILES string of the molecule is Cc1nc2nonc2c(N)c1Cc1cc(C#N)ccn1. The summed E-state index contributed by atoms with van der Waals surface area (Å²) in [7, 11) is 0. The highest BCUT2D eigenvalue weighted by molar-refractivity contribution is 5.85. The minimum Gasteiger partial charge on any atom is -0.396 e. The zero-order valence-corrected chi connectivity index (χ0v) is 10.7. The number of anilines is 1. The fourth-order valence-electron chi connectivity index (χ4n) is 2.04. The fourth-order valence-corrected chi connectivity index (χ4v) is 2.04. The number of nitrogens with two attached hydrogens (primary N) is 1. The Morgan fingerprint density at radius 3 is 3.05 bits per heavy atom. The van der Waals surface area contributed by atoms with Gasteiger partial charge in [0.1, 0.15) is 0 Å². The van der Waals surface area contributed by atoms with E-state index >= 15 is 0 Å². The van der Waals surface area contributed by atoms with Gasteiger partial charge in [-0.15, -0.1) is 0 Å². The van der Waals surface area contributed by atoms with Gasteiger partial charge in [-0.3, -0.25) is 4.98 Å². The Morgan fingerprint density at radius 1 is 1.40 bits per heavy atom. The smallest absolute Gasteiger partial charge is 0.226 e. The van der Waals surface area contributed by atoms with Gasteiger partial charge in [-0.05, 0) is 29.4 Å². The minimum absolute atomic E-state index is 0.391. The number of hydrogen-bond acceptors (Lipinski definition) is 7. The summed E-state index contributed by atoms with van der Waals surface area (Å²) in [6.07, 6.45) is 2.08. The zero-order valence-electron chi connectivity index (χ0n) is 10.7. The van der Waals surface area contributed by atoms with Gasteiger partial charge in [-0.25, -0.2) is 9.61 Å². The molecule has 0 aromatic carbocycles. The molecule has 7 heteroatoms. The second-order valence-electron chi connectivity index (χ2n) is 4.35. The summed E-state index contributed by atoms with van der Waals surface area (Å²) in [5.74, 6) is 0. The maximum absolute atomic E-state index is 8.91. The first-order valence-electron chi connectivity index (χ1n) is 5.91. The molecule has 3 aromatic rings. The lowest BCUT2D eigenvalue weighted by Crippen LogP contribution is -2.03.